The van der Waals surface area contributed by atoms with Gasteiger partial charge in [-0.3, -0.25) is 0 Å². The second kappa shape index (κ2) is 6.23. The Morgan fingerprint density at radius 1 is 1.25 bits per heavy atom. The van der Waals surface area contributed by atoms with E-state index >= 15 is 0 Å². The minimum Gasteiger partial charge on any atom is -0.304 e. The third kappa shape index (κ3) is 3.77. The summed E-state index contributed by atoms with van der Waals surface area (Å²) in [5.74, 6) is 0.139. The van der Waals surface area contributed by atoms with Crippen LogP contribution >= 0.6 is 11.6 Å². The van der Waals surface area contributed by atoms with E-state index in [1.54, 1.807) is 19.1 Å². The van der Waals surface area contributed by atoms with Crippen LogP contribution in [0.1, 0.15) is 12.5 Å². The molecule has 0 heterocycles. The van der Waals surface area contributed by atoms with E-state index in [2.05, 4.69) is 5.32 Å². The van der Waals surface area contributed by atoms with Crippen LogP contribution in [-0.4, -0.2) is 26.7 Å². The summed E-state index contributed by atoms with van der Waals surface area (Å²) in [4.78, 5) is 0.393. The van der Waals surface area contributed by atoms with Crippen molar-refractivity contribution in [3.8, 4) is 0 Å². The number of rotatable bonds is 6. The highest BCUT2D eigenvalue weighted by atomic mass is 35.5. The Morgan fingerprint density at radius 2 is 1.88 bits per heavy atom. The zero-order valence-electron chi connectivity index (χ0n) is 9.24. The fraction of sp³-hybridized carbons (Fsp3) is 0.455. The van der Waals surface area contributed by atoms with Crippen molar-refractivity contribution in [2.45, 2.75) is 18.2 Å². The molecule has 0 radical (unpaired) electrons. The molecule has 5 heteroatoms. The van der Waals surface area contributed by atoms with Crippen LogP contribution in [0, 0.1) is 0 Å². The van der Waals surface area contributed by atoms with Crippen molar-refractivity contribution >= 4 is 21.4 Å². The van der Waals surface area contributed by atoms with Gasteiger partial charge in [0.15, 0.2) is 9.84 Å². The third-order valence-electron chi connectivity index (χ3n) is 2.35. The quantitative estimate of drug-likeness (QED) is 0.483. The van der Waals surface area contributed by atoms with Gasteiger partial charge in [-0.2, -0.15) is 0 Å². The highest BCUT2D eigenvalue weighted by molar-refractivity contribution is 7.91. The number of sulfone groups is 1. The summed E-state index contributed by atoms with van der Waals surface area (Å²) in [7, 11) is -3.08. The average Bonchev–Trinajstić information content (AvgIpc) is 2.30. The number of alkyl halides is 1. The van der Waals surface area contributed by atoms with Crippen molar-refractivity contribution in [3.05, 3.63) is 29.8 Å². The van der Waals surface area contributed by atoms with Crippen LogP contribution in [0.15, 0.2) is 29.2 Å². The number of hydrogen-bond donors (Lipinski definition) is 1. The molecule has 0 spiro atoms. The van der Waals surface area contributed by atoms with Crippen molar-refractivity contribution in [3.63, 3.8) is 0 Å². The van der Waals surface area contributed by atoms with Gasteiger partial charge in [-0.25, -0.2) is 8.42 Å². The Hall–Kier alpha value is -0.580. The summed E-state index contributed by atoms with van der Waals surface area (Å²) in [5, 5.41) is 3.00. The SMILES string of the molecule is CCS(=O)(=O)c1ccc(CCNCCl)cc1. The van der Waals surface area contributed by atoms with Gasteiger partial charge in [0.05, 0.1) is 16.7 Å². The van der Waals surface area contributed by atoms with Gasteiger partial charge in [0.2, 0.25) is 0 Å². The second-order valence-electron chi connectivity index (χ2n) is 3.43. The first kappa shape index (κ1) is 13.5. The van der Waals surface area contributed by atoms with Crippen molar-refractivity contribution in [2.75, 3.05) is 18.3 Å². The molecule has 90 valence electrons. The Kier molecular flexibility index (Phi) is 5.25. The van der Waals surface area contributed by atoms with E-state index in [4.69, 9.17) is 11.6 Å². The summed E-state index contributed by atoms with van der Waals surface area (Å²) < 4.78 is 23.1. The maximum Gasteiger partial charge on any atom is 0.178 e. The standard InChI is InChI=1S/C11H16ClNO2S/c1-2-16(14,15)11-5-3-10(4-6-11)7-8-13-9-12/h3-6,13H,2,7-9H2,1H3. The maximum absolute atomic E-state index is 11.5. The molecule has 0 bridgehead atoms. The molecule has 3 nitrogen and oxygen atoms in total. The minimum absolute atomic E-state index is 0.139. The highest BCUT2D eigenvalue weighted by Crippen LogP contribution is 2.12. The summed E-state index contributed by atoms with van der Waals surface area (Å²) in [6.45, 7) is 2.44. The summed E-state index contributed by atoms with van der Waals surface area (Å²) >= 11 is 5.48. The first-order chi connectivity index (χ1) is 7.60. The van der Waals surface area contributed by atoms with E-state index in [0.717, 1.165) is 18.5 Å². The molecule has 0 aliphatic rings. The highest BCUT2D eigenvalue weighted by Gasteiger charge is 2.10. The van der Waals surface area contributed by atoms with Crippen molar-refractivity contribution in [2.24, 2.45) is 0 Å². The number of hydrogen-bond acceptors (Lipinski definition) is 3. The molecule has 1 N–H and O–H groups in total. The van der Waals surface area contributed by atoms with Gasteiger partial charge in [-0.05, 0) is 24.1 Å². The molecule has 0 unspecified atom stereocenters. The molecule has 1 aromatic carbocycles. The van der Waals surface area contributed by atoms with Gasteiger partial charge in [-0.1, -0.05) is 19.1 Å². The topological polar surface area (TPSA) is 46.2 Å². The van der Waals surface area contributed by atoms with Crippen LogP contribution in [0.3, 0.4) is 0 Å². The summed E-state index contributed by atoms with van der Waals surface area (Å²) in [6, 6.07) is 7.45. The van der Waals surface area contributed by atoms with Gasteiger partial charge in [0.1, 0.15) is 0 Å². The van der Waals surface area contributed by atoms with Gasteiger partial charge in [-0.15, -0.1) is 11.6 Å². The van der Waals surface area contributed by atoms with E-state index in [9.17, 15) is 8.42 Å². The fourth-order valence-electron chi connectivity index (χ4n) is 1.33. The molecule has 0 aromatic heterocycles. The smallest absolute Gasteiger partial charge is 0.178 e. The van der Waals surface area contributed by atoms with Crippen LogP contribution in [0.4, 0.5) is 0 Å². The van der Waals surface area contributed by atoms with Crippen LogP contribution in [0.2, 0.25) is 0 Å². The first-order valence-electron chi connectivity index (χ1n) is 5.18. The van der Waals surface area contributed by atoms with Gasteiger partial charge >= 0.3 is 0 Å². The van der Waals surface area contributed by atoms with Gasteiger partial charge in [0, 0.05) is 6.54 Å². The van der Waals surface area contributed by atoms with Crippen LogP contribution in [0.25, 0.3) is 0 Å². The summed E-state index contributed by atoms with van der Waals surface area (Å²) in [6.07, 6.45) is 0.846. The number of benzene rings is 1. The Balaban J connectivity index is 2.68. The van der Waals surface area contributed by atoms with E-state index in [0.29, 0.717) is 10.9 Å². The summed E-state index contributed by atoms with van der Waals surface area (Å²) in [5.41, 5.74) is 1.10. The molecule has 0 saturated carbocycles. The largest absolute Gasteiger partial charge is 0.304 e. The molecule has 0 aliphatic carbocycles. The molecule has 0 aliphatic heterocycles. The monoisotopic (exact) mass is 261 g/mol. The fourth-order valence-corrected chi connectivity index (χ4v) is 2.35. The first-order valence-corrected chi connectivity index (χ1v) is 7.37. The van der Waals surface area contributed by atoms with E-state index in [-0.39, 0.29) is 5.75 Å². The van der Waals surface area contributed by atoms with E-state index < -0.39 is 9.84 Å². The molecule has 0 saturated heterocycles. The van der Waals surface area contributed by atoms with Crippen LogP contribution < -0.4 is 5.32 Å². The Morgan fingerprint density at radius 3 is 2.38 bits per heavy atom. The molecule has 1 rings (SSSR count). The van der Waals surface area contributed by atoms with E-state index in [1.807, 2.05) is 12.1 Å². The Labute approximate surface area is 102 Å². The van der Waals surface area contributed by atoms with Crippen LogP contribution in [0.5, 0.6) is 0 Å². The van der Waals surface area contributed by atoms with Gasteiger partial charge < -0.3 is 5.32 Å². The molecule has 16 heavy (non-hydrogen) atoms. The van der Waals surface area contributed by atoms with E-state index in [1.165, 1.54) is 0 Å². The maximum atomic E-state index is 11.5. The molecule has 0 fully saturated rings. The molecule has 0 amide bonds. The normalized spacial score (nSPS) is 11.6. The minimum atomic E-state index is -3.08. The number of nitrogens with one attached hydrogen (secondary N) is 1. The zero-order valence-corrected chi connectivity index (χ0v) is 10.8. The Bertz CT molecular complexity index is 414. The van der Waals surface area contributed by atoms with Crippen molar-refractivity contribution in [1.29, 1.82) is 0 Å². The van der Waals surface area contributed by atoms with Gasteiger partial charge in [0.25, 0.3) is 0 Å². The predicted octanol–water partition coefficient (Wildman–Crippen LogP) is 1.81. The lowest BCUT2D eigenvalue weighted by molar-refractivity contribution is 0.597. The molecular formula is C11H16ClNO2S. The second-order valence-corrected chi connectivity index (χ2v) is 5.98. The average molecular weight is 262 g/mol. The predicted molar refractivity (Wildman–Crippen MR) is 66.6 cm³/mol. The molecule has 0 atom stereocenters. The lowest BCUT2D eigenvalue weighted by Crippen LogP contribution is -2.14. The molecule has 1 aromatic rings. The zero-order chi connectivity index (χ0) is 12.0. The molecular weight excluding hydrogens is 246 g/mol. The van der Waals surface area contributed by atoms with Crippen molar-refractivity contribution < 1.29 is 8.42 Å². The van der Waals surface area contributed by atoms with Crippen LogP contribution in [-0.2, 0) is 16.3 Å². The number of halogens is 1. The lowest BCUT2D eigenvalue weighted by atomic mass is 10.1. The lowest BCUT2D eigenvalue weighted by Gasteiger charge is -2.04. The third-order valence-corrected chi connectivity index (χ3v) is 4.29. The van der Waals surface area contributed by atoms with Crippen molar-refractivity contribution in [1.82, 2.24) is 5.32 Å².